The number of rotatable bonds is 8. The topological polar surface area (TPSA) is 54.7 Å². The maximum atomic E-state index is 12.3. The molecule has 24 heavy (non-hydrogen) atoms. The Bertz CT molecular complexity index is 614. The lowest BCUT2D eigenvalue weighted by atomic mass is 10.2. The molecule has 0 aliphatic heterocycles. The van der Waals surface area contributed by atoms with Gasteiger partial charge in [-0.3, -0.25) is 0 Å². The fourth-order valence-electron chi connectivity index (χ4n) is 2.14. The first-order chi connectivity index (χ1) is 11.6. The zero-order chi connectivity index (χ0) is 17.4. The number of nitrogens with one attached hydrogen (secondary N) is 1. The number of methoxy groups -OCH3 is 1. The van der Waals surface area contributed by atoms with Crippen molar-refractivity contribution in [3.8, 4) is 0 Å². The molecule has 130 valence electrons. The molecule has 0 radical (unpaired) electrons. The van der Waals surface area contributed by atoms with Gasteiger partial charge in [0.1, 0.15) is 5.76 Å². The molecule has 0 spiro atoms. The van der Waals surface area contributed by atoms with Gasteiger partial charge >= 0.3 is 6.03 Å². The Morgan fingerprint density at radius 3 is 2.71 bits per heavy atom. The van der Waals surface area contributed by atoms with Gasteiger partial charge in [0.15, 0.2) is 0 Å². The molecule has 2 rings (SSSR count). The van der Waals surface area contributed by atoms with Crippen molar-refractivity contribution in [2.24, 2.45) is 0 Å². The van der Waals surface area contributed by atoms with Crippen molar-refractivity contribution in [3.63, 3.8) is 0 Å². The number of ether oxygens (including phenoxy) is 1. The molecule has 6 heteroatoms. The van der Waals surface area contributed by atoms with Gasteiger partial charge < -0.3 is 19.4 Å². The fraction of sp³-hybridized carbons (Fsp3) is 0.389. The van der Waals surface area contributed by atoms with E-state index >= 15 is 0 Å². The van der Waals surface area contributed by atoms with Crippen LogP contribution in [0.25, 0.3) is 0 Å². The fourth-order valence-corrected chi connectivity index (χ4v) is 2.96. The summed E-state index contributed by atoms with van der Waals surface area (Å²) in [6.45, 7) is 2.71. The van der Waals surface area contributed by atoms with E-state index in [2.05, 4.69) is 5.32 Å². The minimum absolute atomic E-state index is 0.129. The van der Waals surface area contributed by atoms with Crippen LogP contribution >= 0.6 is 11.8 Å². The Morgan fingerprint density at radius 2 is 2.08 bits per heavy atom. The maximum Gasteiger partial charge on any atom is 0.322 e. The summed E-state index contributed by atoms with van der Waals surface area (Å²) in [5, 5.41) is 2.90. The van der Waals surface area contributed by atoms with Crippen LogP contribution in [0.2, 0.25) is 0 Å². The van der Waals surface area contributed by atoms with Crippen molar-refractivity contribution in [2.45, 2.75) is 24.3 Å². The van der Waals surface area contributed by atoms with Gasteiger partial charge in [-0.2, -0.15) is 0 Å². The SMILES string of the molecule is COCCCSc1ccc(NC(=O)N(C)[C@H](C)c2ccco2)cc1. The van der Waals surface area contributed by atoms with Crippen LogP contribution in [0.3, 0.4) is 0 Å². The summed E-state index contributed by atoms with van der Waals surface area (Å²) in [4.78, 5) is 15.1. The van der Waals surface area contributed by atoms with Crippen molar-refractivity contribution in [3.05, 3.63) is 48.4 Å². The van der Waals surface area contributed by atoms with E-state index in [9.17, 15) is 4.79 Å². The van der Waals surface area contributed by atoms with E-state index in [1.54, 1.807) is 37.1 Å². The van der Waals surface area contributed by atoms with Crippen LogP contribution in [0.1, 0.15) is 25.1 Å². The summed E-state index contributed by atoms with van der Waals surface area (Å²) in [5.41, 5.74) is 0.778. The quantitative estimate of drug-likeness (QED) is 0.558. The van der Waals surface area contributed by atoms with Gasteiger partial charge in [0, 0.05) is 37.1 Å². The lowest BCUT2D eigenvalue weighted by Crippen LogP contribution is -2.33. The molecular formula is C18H24N2O3S. The average molecular weight is 348 g/mol. The van der Waals surface area contributed by atoms with Crippen molar-refractivity contribution in [2.75, 3.05) is 31.8 Å². The highest BCUT2D eigenvalue weighted by Gasteiger charge is 2.19. The molecule has 1 aromatic carbocycles. The first kappa shape index (κ1) is 18.4. The second-order valence-electron chi connectivity index (χ2n) is 5.45. The molecular weight excluding hydrogens is 324 g/mol. The average Bonchev–Trinajstić information content (AvgIpc) is 3.13. The lowest BCUT2D eigenvalue weighted by molar-refractivity contribution is 0.200. The van der Waals surface area contributed by atoms with Crippen molar-refractivity contribution < 1.29 is 13.9 Å². The van der Waals surface area contributed by atoms with Crippen LogP contribution in [-0.4, -0.2) is 37.4 Å². The van der Waals surface area contributed by atoms with Gasteiger partial charge in [-0.15, -0.1) is 11.8 Å². The van der Waals surface area contributed by atoms with Crippen LogP contribution in [0.4, 0.5) is 10.5 Å². The van der Waals surface area contributed by atoms with E-state index in [0.29, 0.717) is 0 Å². The normalized spacial score (nSPS) is 12.0. The Hall–Kier alpha value is -1.92. The maximum absolute atomic E-state index is 12.3. The van der Waals surface area contributed by atoms with Gasteiger partial charge in [-0.1, -0.05) is 0 Å². The van der Waals surface area contributed by atoms with Crippen LogP contribution < -0.4 is 5.32 Å². The number of carbonyl (C=O) groups is 1. The van der Waals surface area contributed by atoms with Crippen LogP contribution in [0.5, 0.6) is 0 Å². The molecule has 0 saturated carbocycles. The molecule has 1 aromatic heterocycles. The van der Waals surface area contributed by atoms with E-state index < -0.39 is 0 Å². The van der Waals surface area contributed by atoms with Gasteiger partial charge in [0.05, 0.1) is 12.3 Å². The molecule has 0 bridgehead atoms. The van der Waals surface area contributed by atoms with Crippen LogP contribution in [0.15, 0.2) is 52.0 Å². The summed E-state index contributed by atoms with van der Waals surface area (Å²) in [7, 11) is 3.47. The van der Waals surface area contributed by atoms with Crippen LogP contribution in [-0.2, 0) is 4.74 Å². The van der Waals surface area contributed by atoms with Gasteiger partial charge in [-0.05, 0) is 49.7 Å². The summed E-state index contributed by atoms with van der Waals surface area (Å²) in [6.07, 6.45) is 2.63. The highest BCUT2D eigenvalue weighted by Crippen LogP contribution is 2.23. The number of furan rings is 1. The Balaban J connectivity index is 1.85. The minimum Gasteiger partial charge on any atom is -0.467 e. The molecule has 0 saturated heterocycles. The number of amides is 2. The van der Waals surface area contributed by atoms with Crippen LogP contribution in [0, 0.1) is 0 Å². The van der Waals surface area contributed by atoms with Gasteiger partial charge in [0.25, 0.3) is 0 Å². The first-order valence-corrected chi connectivity index (χ1v) is 8.89. The van der Waals surface area contributed by atoms with E-state index in [0.717, 1.165) is 30.2 Å². The van der Waals surface area contributed by atoms with Gasteiger partial charge in [0.2, 0.25) is 0 Å². The molecule has 1 N–H and O–H groups in total. The van der Waals surface area contributed by atoms with Gasteiger partial charge in [-0.25, -0.2) is 4.79 Å². The summed E-state index contributed by atoms with van der Waals surface area (Å²) >= 11 is 1.78. The second-order valence-corrected chi connectivity index (χ2v) is 6.62. The predicted molar refractivity (Wildman–Crippen MR) is 97.6 cm³/mol. The summed E-state index contributed by atoms with van der Waals surface area (Å²) in [6, 6.07) is 11.3. The van der Waals surface area contributed by atoms with Crippen molar-refractivity contribution in [1.29, 1.82) is 0 Å². The molecule has 0 unspecified atom stereocenters. The number of carbonyl (C=O) groups excluding carboxylic acids is 1. The Morgan fingerprint density at radius 1 is 1.33 bits per heavy atom. The standard InChI is InChI=1S/C18H24N2O3S/c1-14(17-6-4-12-23-17)20(2)18(21)19-15-7-9-16(10-8-15)24-13-5-11-22-3/h4,6-10,12,14H,5,11,13H2,1-3H3,(H,19,21)/t14-/m1/s1. The summed E-state index contributed by atoms with van der Waals surface area (Å²) in [5.74, 6) is 1.78. The van der Waals surface area contributed by atoms with E-state index in [-0.39, 0.29) is 12.1 Å². The number of urea groups is 1. The number of benzene rings is 1. The number of thioether (sulfide) groups is 1. The zero-order valence-electron chi connectivity index (χ0n) is 14.3. The van der Waals surface area contributed by atoms with E-state index in [1.165, 1.54) is 4.90 Å². The number of nitrogens with zero attached hydrogens (tertiary/aromatic N) is 1. The lowest BCUT2D eigenvalue weighted by Gasteiger charge is -2.23. The number of anilines is 1. The summed E-state index contributed by atoms with van der Waals surface area (Å²) < 4.78 is 10.4. The largest absolute Gasteiger partial charge is 0.467 e. The van der Waals surface area contributed by atoms with Crippen molar-refractivity contribution >= 4 is 23.5 Å². The third-order valence-electron chi connectivity index (χ3n) is 3.72. The van der Waals surface area contributed by atoms with E-state index in [1.807, 2.05) is 43.3 Å². The molecule has 5 nitrogen and oxygen atoms in total. The smallest absolute Gasteiger partial charge is 0.322 e. The van der Waals surface area contributed by atoms with E-state index in [4.69, 9.17) is 9.15 Å². The number of hydrogen-bond donors (Lipinski definition) is 1. The monoisotopic (exact) mass is 348 g/mol. The Kier molecular flexibility index (Phi) is 7.21. The molecule has 0 fully saturated rings. The third-order valence-corrected chi connectivity index (χ3v) is 4.82. The molecule has 2 aromatic rings. The molecule has 0 aliphatic carbocycles. The highest BCUT2D eigenvalue weighted by atomic mass is 32.2. The first-order valence-electron chi connectivity index (χ1n) is 7.91. The predicted octanol–water partition coefficient (Wildman–Crippen LogP) is 4.63. The molecule has 1 atom stereocenters. The van der Waals surface area contributed by atoms with Crippen molar-refractivity contribution in [1.82, 2.24) is 4.90 Å². The zero-order valence-corrected chi connectivity index (χ0v) is 15.1. The number of hydrogen-bond acceptors (Lipinski definition) is 4. The molecule has 2 amide bonds. The minimum atomic E-state index is -0.167. The second kappa shape index (κ2) is 9.39. The molecule has 1 heterocycles. The third kappa shape index (κ3) is 5.32. The molecule has 0 aliphatic rings. The Labute approximate surface area is 147 Å². The highest BCUT2D eigenvalue weighted by molar-refractivity contribution is 7.99.